The van der Waals surface area contributed by atoms with Crippen molar-refractivity contribution in [2.45, 2.75) is 32.2 Å². The van der Waals surface area contributed by atoms with Crippen molar-refractivity contribution in [2.24, 2.45) is 5.73 Å². The van der Waals surface area contributed by atoms with Gasteiger partial charge in [0, 0.05) is 37.4 Å². The standard InChI is InChI=1S/C12H22N4O2/c1-10(13)12-9-15(3-5-18-12)7-11-6-14-16(8-11)2-4-17/h6,8,10,12,17H,2-5,7,9,13H2,1H3. The predicted molar refractivity (Wildman–Crippen MR) is 68.0 cm³/mol. The molecule has 1 aromatic heterocycles. The molecular weight excluding hydrogens is 232 g/mol. The Balaban J connectivity index is 1.87. The zero-order valence-corrected chi connectivity index (χ0v) is 10.8. The molecule has 0 aromatic carbocycles. The summed E-state index contributed by atoms with van der Waals surface area (Å²) in [7, 11) is 0. The molecule has 0 bridgehead atoms. The largest absolute Gasteiger partial charge is 0.394 e. The van der Waals surface area contributed by atoms with E-state index in [-0.39, 0.29) is 18.8 Å². The maximum absolute atomic E-state index is 8.84. The molecule has 1 saturated heterocycles. The number of nitrogens with zero attached hydrogens (tertiary/aromatic N) is 3. The first-order valence-electron chi connectivity index (χ1n) is 6.41. The fraction of sp³-hybridized carbons (Fsp3) is 0.750. The molecule has 6 heteroatoms. The Kier molecular flexibility index (Phi) is 4.71. The summed E-state index contributed by atoms with van der Waals surface area (Å²) < 4.78 is 7.39. The third-order valence-corrected chi connectivity index (χ3v) is 3.19. The number of ether oxygens (including phenoxy) is 1. The molecule has 18 heavy (non-hydrogen) atoms. The first kappa shape index (κ1) is 13.5. The molecule has 102 valence electrons. The molecule has 0 amide bonds. The lowest BCUT2D eigenvalue weighted by Gasteiger charge is -2.34. The van der Waals surface area contributed by atoms with Crippen LogP contribution in [0, 0.1) is 0 Å². The second kappa shape index (κ2) is 6.29. The summed E-state index contributed by atoms with van der Waals surface area (Å²) in [5.41, 5.74) is 7.03. The van der Waals surface area contributed by atoms with Crippen LogP contribution in [0.15, 0.2) is 12.4 Å². The van der Waals surface area contributed by atoms with Crippen molar-refractivity contribution < 1.29 is 9.84 Å². The normalized spacial score (nSPS) is 23.2. The molecule has 1 aliphatic heterocycles. The maximum Gasteiger partial charge on any atom is 0.0850 e. The number of morpholine rings is 1. The zero-order chi connectivity index (χ0) is 13.0. The highest BCUT2D eigenvalue weighted by atomic mass is 16.5. The maximum atomic E-state index is 8.84. The highest BCUT2D eigenvalue weighted by Gasteiger charge is 2.23. The fourth-order valence-electron chi connectivity index (χ4n) is 2.16. The molecule has 1 fully saturated rings. The zero-order valence-electron chi connectivity index (χ0n) is 10.8. The topological polar surface area (TPSA) is 76.5 Å². The second-order valence-corrected chi connectivity index (χ2v) is 4.84. The number of aromatic nitrogens is 2. The van der Waals surface area contributed by atoms with E-state index >= 15 is 0 Å². The summed E-state index contributed by atoms with van der Waals surface area (Å²) in [6.07, 6.45) is 3.95. The van der Waals surface area contributed by atoms with Crippen LogP contribution in [-0.4, -0.2) is 58.2 Å². The smallest absolute Gasteiger partial charge is 0.0850 e. The quantitative estimate of drug-likeness (QED) is 0.735. The second-order valence-electron chi connectivity index (χ2n) is 4.84. The van der Waals surface area contributed by atoms with Crippen molar-refractivity contribution >= 4 is 0 Å². The van der Waals surface area contributed by atoms with Gasteiger partial charge in [-0.05, 0) is 6.92 Å². The monoisotopic (exact) mass is 254 g/mol. The fourth-order valence-corrected chi connectivity index (χ4v) is 2.16. The molecule has 2 atom stereocenters. The van der Waals surface area contributed by atoms with Gasteiger partial charge in [-0.25, -0.2) is 0 Å². The minimum Gasteiger partial charge on any atom is -0.394 e. The minimum absolute atomic E-state index is 0.0601. The van der Waals surface area contributed by atoms with E-state index in [1.165, 1.54) is 0 Å². The summed E-state index contributed by atoms with van der Waals surface area (Å²) in [5, 5.41) is 13.0. The summed E-state index contributed by atoms with van der Waals surface area (Å²) in [5.74, 6) is 0. The average Bonchev–Trinajstić information content (AvgIpc) is 2.77. The van der Waals surface area contributed by atoms with Crippen LogP contribution in [0.1, 0.15) is 12.5 Å². The molecule has 0 aliphatic carbocycles. The van der Waals surface area contributed by atoms with Crippen LogP contribution < -0.4 is 5.73 Å². The van der Waals surface area contributed by atoms with Gasteiger partial charge < -0.3 is 15.6 Å². The Labute approximate surface area is 107 Å². The molecule has 1 aromatic rings. The van der Waals surface area contributed by atoms with E-state index in [1.54, 1.807) is 4.68 Å². The highest BCUT2D eigenvalue weighted by molar-refractivity contribution is 5.04. The summed E-state index contributed by atoms with van der Waals surface area (Å²) >= 11 is 0. The first-order valence-corrected chi connectivity index (χ1v) is 6.41. The summed E-state index contributed by atoms with van der Waals surface area (Å²) in [6, 6.07) is 0.0601. The Morgan fingerprint density at radius 2 is 2.50 bits per heavy atom. The van der Waals surface area contributed by atoms with Crippen LogP contribution in [0.2, 0.25) is 0 Å². The number of aliphatic hydroxyl groups excluding tert-OH is 1. The van der Waals surface area contributed by atoms with Crippen LogP contribution in [-0.2, 0) is 17.8 Å². The lowest BCUT2D eigenvalue weighted by atomic mass is 10.1. The SMILES string of the molecule is CC(N)C1CN(Cc2cnn(CCO)c2)CCO1. The van der Waals surface area contributed by atoms with Crippen molar-refractivity contribution in [3.05, 3.63) is 18.0 Å². The van der Waals surface area contributed by atoms with Gasteiger partial charge in [-0.15, -0.1) is 0 Å². The van der Waals surface area contributed by atoms with E-state index in [0.29, 0.717) is 6.54 Å². The summed E-state index contributed by atoms with van der Waals surface area (Å²) in [6.45, 7) is 6.02. The van der Waals surface area contributed by atoms with Gasteiger partial charge in [-0.2, -0.15) is 5.10 Å². The van der Waals surface area contributed by atoms with Gasteiger partial charge in [0.15, 0.2) is 0 Å². The van der Waals surface area contributed by atoms with Gasteiger partial charge in [0.1, 0.15) is 0 Å². The molecule has 2 heterocycles. The lowest BCUT2D eigenvalue weighted by Crippen LogP contribution is -2.49. The van der Waals surface area contributed by atoms with Gasteiger partial charge in [0.25, 0.3) is 0 Å². The Morgan fingerprint density at radius 1 is 1.67 bits per heavy atom. The van der Waals surface area contributed by atoms with Gasteiger partial charge in [-0.1, -0.05) is 0 Å². The van der Waals surface area contributed by atoms with E-state index in [2.05, 4.69) is 10.00 Å². The minimum atomic E-state index is 0.0601. The van der Waals surface area contributed by atoms with Crippen LogP contribution >= 0.6 is 0 Å². The summed E-state index contributed by atoms with van der Waals surface area (Å²) in [4.78, 5) is 2.33. The number of hydrogen-bond acceptors (Lipinski definition) is 5. The molecule has 1 aliphatic rings. The number of nitrogens with two attached hydrogens (primary N) is 1. The third-order valence-electron chi connectivity index (χ3n) is 3.19. The Hall–Kier alpha value is -0.950. The molecule has 0 saturated carbocycles. The number of rotatable bonds is 5. The molecule has 0 radical (unpaired) electrons. The van der Waals surface area contributed by atoms with Crippen molar-refractivity contribution in [3.63, 3.8) is 0 Å². The number of aliphatic hydroxyl groups is 1. The van der Waals surface area contributed by atoms with E-state index < -0.39 is 0 Å². The molecular formula is C12H22N4O2. The highest BCUT2D eigenvalue weighted by Crippen LogP contribution is 2.11. The van der Waals surface area contributed by atoms with Crippen molar-refractivity contribution in [1.29, 1.82) is 0 Å². The molecule has 2 unspecified atom stereocenters. The van der Waals surface area contributed by atoms with Gasteiger partial charge >= 0.3 is 0 Å². The van der Waals surface area contributed by atoms with Crippen molar-refractivity contribution in [3.8, 4) is 0 Å². The van der Waals surface area contributed by atoms with Crippen molar-refractivity contribution in [2.75, 3.05) is 26.3 Å². The van der Waals surface area contributed by atoms with E-state index in [9.17, 15) is 0 Å². The molecule has 3 N–H and O–H groups in total. The average molecular weight is 254 g/mol. The van der Waals surface area contributed by atoms with Gasteiger partial charge in [0.2, 0.25) is 0 Å². The van der Waals surface area contributed by atoms with Crippen molar-refractivity contribution in [1.82, 2.24) is 14.7 Å². The Bertz CT molecular complexity index is 367. The first-order chi connectivity index (χ1) is 8.69. The van der Waals surface area contributed by atoms with Gasteiger partial charge in [-0.3, -0.25) is 9.58 Å². The van der Waals surface area contributed by atoms with Crippen LogP contribution in [0.3, 0.4) is 0 Å². The molecule has 2 rings (SSSR count). The number of hydrogen-bond donors (Lipinski definition) is 2. The lowest BCUT2D eigenvalue weighted by molar-refractivity contribution is -0.0403. The van der Waals surface area contributed by atoms with Crippen LogP contribution in [0.25, 0.3) is 0 Å². The molecule has 6 nitrogen and oxygen atoms in total. The van der Waals surface area contributed by atoms with E-state index in [4.69, 9.17) is 15.6 Å². The van der Waals surface area contributed by atoms with Gasteiger partial charge in [0.05, 0.1) is 32.1 Å². The van der Waals surface area contributed by atoms with E-state index in [1.807, 2.05) is 19.3 Å². The third kappa shape index (κ3) is 3.52. The van der Waals surface area contributed by atoms with Crippen LogP contribution in [0.4, 0.5) is 0 Å². The Morgan fingerprint density at radius 3 is 3.22 bits per heavy atom. The van der Waals surface area contributed by atoms with Crippen LogP contribution in [0.5, 0.6) is 0 Å². The predicted octanol–water partition coefficient (Wildman–Crippen LogP) is -0.577. The molecule has 0 spiro atoms. The van der Waals surface area contributed by atoms with E-state index in [0.717, 1.165) is 31.8 Å².